The van der Waals surface area contributed by atoms with E-state index in [1.54, 1.807) is 0 Å². The molecule has 1 aromatic heterocycles. The molecule has 0 atom stereocenters. The molecule has 1 aromatic carbocycles. The van der Waals surface area contributed by atoms with Crippen molar-refractivity contribution in [1.29, 1.82) is 0 Å². The number of rotatable bonds is 3. The summed E-state index contributed by atoms with van der Waals surface area (Å²) >= 11 is 16.0. The number of hydrogen-bond donors (Lipinski definition) is 1. The second kappa shape index (κ2) is 6.08. The van der Waals surface area contributed by atoms with E-state index in [2.05, 4.69) is 47.0 Å². The van der Waals surface area contributed by atoms with Crippen molar-refractivity contribution in [2.45, 2.75) is 33.6 Å². The van der Waals surface area contributed by atoms with Crippen molar-refractivity contribution < 1.29 is 0 Å². The van der Waals surface area contributed by atoms with E-state index >= 15 is 0 Å². The van der Waals surface area contributed by atoms with Crippen molar-refractivity contribution in [3.8, 4) is 0 Å². The molecule has 0 amide bonds. The zero-order valence-corrected chi connectivity index (χ0v) is 15.0. The third-order valence-corrected chi connectivity index (χ3v) is 4.99. The van der Waals surface area contributed by atoms with Gasteiger partial charge in [-0.3, -0.25) is 4.98 Å². The second-order valence-corrected chi connectivity index (χ2v) is 6.66. The van der Waals surface area contributed by atoms with E-state index in [0.717, 1.165) is 33.3 Å². The maximum Gasteiger partial charge on any atom is 0.0928 e. The van der Waals surface area contributed by atoms with Gasteiger partial charge in [0.25, 0.3) is 0 Å². The number of hydrogen-bond acceptors (Lipinski definition) is 2. The summed E-state index contributed by atoms with van der Waals surface area (Å²) in [5.74, 6) is 0.383. The normalized spacial score (nSPS) is 11.4. The fraction of sp³-hybridized carbons (Fsp3) is 0.400. The number of nitrogens with one attached hydrogen (secondary N) is 1. The molecule has 5 heteroatoms. The molecule has 0 aliphatic rings. The lowest BCUT2D eigenvalue weighted by atomic mass is 9.96. The highest BCUT2D eigenvalue weighted by Crippen LogP contribution is 2.41. The van der Waals surface area contributed by atoms with Crippen LogP contribution in [0.15, 0.2) is 10.5 Å². The number of aromatic nitrogens is 1. The van der Waals surface area contributed by atoms with Crippen molar-refractivity contribution >= 4 is 55.7 Å². The Kier molecular flexibility index (Phi) is 4.83. The van der Waals surface area contributed by atoms with Gasteiger partial charge >= 0.3 is 0 Å². The molecule has 0 aliphatic carbocycles. The van der Waals surface area contributed by atoms with Crippen LogP contribution in [0.2, 0.25) is 10.0 Å². The Balaban J connectivity index is 2.94. The molecule has 0 saturated heterocycles. The fourth-order valence-electron chi connectivity index (χ4n) is 2.51. The first-order valence-electron chi connectivity index (χ1n) is 6.60. The highest BCUT2D eigenvalue weighted by Gasteiger charge is 2.19. The molecule has 0 bridgehead atoms. The van der Waals surface area contributed by atoms with Gasteiger partial charge < -0.3 is 5.32 Å². The summed E-state index contributed by atoms with van der Waals surface area (Å²) in [6.07, 6.45) is 0. The summed E-state index contributed by atoms with van der Waals surface area (Å²) in [4.78, 5) is 4.66. The minimum Gasteiger partial charge on any atom is -0.384 e. The predicted octanol–water partition coefficient (Wildman–Crippen LogP) is 6.17. The third kappa shape index (κ3) is 2.63. The van der Waals surface area contributed by atoms with E-state index in [-0.39, 0.29) is 0 Å². The lowest BCUT2D eigenvalue weighted by Crippen LogP contribution is -2.07. The minimum absolute atomic E-state index is 0.383. The standard InChI is InChI=1S/C15H17BrCl2N2/c1-5-19-14-9-6-10(16)12(17)13(18)15(9)20-8(4)11(14)7(2)3/h6-7H,5H2,1-4H3,(H,19,20). The van der Waals surface area contributed by atoms with Crippen LogP contribution in [0.1, 0.15) is 37.9 Å². The monoisotopic (exact) mass is 374 g/mol. The van der Waals surface area contributed by atoms with Gasteiger partial charge in [-0.1, -0.05) is 37.0 Å². The van der Waals surface area contributed by atoms with Gasteiger partial charge in [0.2, 0.25) is 0 Å². The second-order valence-electron chi connectivity index (χ2n) is 5.05. The average Bonchev–Trinajstić information content (AvgIpc) is 2.37. The quantitative estimate of drug-likeness (QED) is 0.649. The van der Waals surface area contributed by atoms with Gasteiger partial charge in [-0.2, -0.15) is 0 Å². The molecule has 0 unspecified atom stereocenters. The van der Waals surface area contributed by atoms with Gasteiger partial charge in [0.15, 0.2) is 0 Å². The molecule has 0 radical (unpaired) electrons. The summed E-state index contributed by atoms with van der Waals surface area (Å²) in [7, 11) is 0. The van der Waals surface area contributed by atoms with Crippen LogP contribution in [0.25, 0.3) is 10.9 Å². The van der Waals surface area contributed by atoms with Crippen LogP contribution in [0.5, 0.6) is 0 Å². The summed E-state index contributed by atoms with van der Waals surface area (Å²) in [6.45, 7) is 9.28. The molecule has 1 N–H and O–H groups in total. The van der Waals surface area contributed by atoms with Crippen LogP contribution in [-0.2, 0) is 0 Å². The van der Waals surface area contributed by atoms with Crippen LogP contribution in [0.3, 0.4) is 0 Å². The molecule has 20 heavy (non-hydrogen) atoms. The van der Waals surface area contributed by atoms with Crippen LogP contribution in [0, 0.1) is 6.92 Å². The summed E-state index contributed by atoms with van der Waals surface area (Å²) < 4.78 is 0.788. The summed E-state index contributed by atoms with van der Waals surface area (Å²) in [5, 5.41) is 5.45. The molecule has 0 fully saturated rings. The third-order valence-electron chi connectivity index (χ3n) is 3.28. The molecule has 2 rings (SSSR count). The first-order chi connectivity index (χ1) is 9.38. The molecule has 2 nitrogen and oxygen atoms in total. The van der Waals surface area contributed by atoms with Crippen molar-refractivity contribution in [3.63, 3.8) is 0 Å². The highest BCUT2D eigenvalue weighted by molar-refractivity contribution is 9.10. The lowest BCUT2D eigenvalue weighted by Gasteiger charge is -2.20. The van der Waals surface area contributed by atoms with Gasteiger partial charge in [0.1, 0.15) is 0 Å². The van der Waals surface area contributed by atoms with Gasteiger partial charge in [0, 0.05) is 27.8 Å². The number of nitrogens with zero attached hydrogens (tertiary/aromatic N) is 1. The smallest absolute Gasteiger partial charge is 0.0928 e. The van der Waals surface area contributed by atoms with Crippen molar-refractivity contribution in [2.24, 2.45) is 0 Å². The molecular weight excluding hydrogens is 359 g/mol. The largest absolute Gasteiger partial charge is 0.384 e. The Morgan fingerprint density at radius 1 is 1.30 bits per heavy atom. The number of aryl methyl sites for hydroxylation is 1. The molecular formula is C15H17BrCl2N2. The topological polar surface area (TPSA) is 24.9 Å². The van der Waals surface area contributed by atoms with Crippen LogP contribution in [0.4, 0.5) is 5.69 Å². The van der Waals surface area contributed by atoms with Crippen molar-refractivity contribution in [3.05, 3.63) is 31.8 Å². The van der Waals surface area contributed by atoms with Crippen molar-refractivity contribution in [2.75, 3.05) is 11.9 Å². The molecule has 0 spiro atoms. The van der Waals surface area contributed by atoms with Gasteiger partial charge in [-0.15, -0.1) is 0 Å². The van der Waals surface area contributed by atoms with Crippen LogP contribution in [-0.4, -0.2) is 11.5 Å². The first kappa shape index (κ1) is 15.9. The fourth-order valence-corrected chi connectivity index (χ4v) is 3.44. The maximum absolute atomic E-state index is 6.36. The van der Waals surface area contributed by atoms with Crippen LogP contribution >= 0.6 is 39.1 Å². The number of fused-ring (bicyclic) bond motifs is 1. The zero-order valence-electron chi connectivity index (χ0n) is 11.9. The van der Waals surface area contributed by atoms with Gasteiger partial charge in [0.05, 0.1) is 15.6 Å². The lowest BCUT2D eigenvalue weighted by molar-refractivity contribution is 0.848. The minimum atomic E-state index is 0.383. The average molecular weight is 376 g/mol. The van der Waals surface area contributed by atoms with Crippen molar-refractivity contribution in [1.82, 2.24) is 4.98 Å². The Bertz CT molecular complexity index is 669. The molecule has 0 saturated carbocycles. The first-order valence-corrected chi connectivity index (χ1v) is 8.14. The number of anilines is 1. The Hall–Kier alpha value is -0.510. The van der Waals surface area contributed by atoms with Crippen LogP contribution < -0.4 is 5.32 Å². The Morgan fingerprint density at radius 3 is 2.50 bits per heavy atom. The maximum atomic E-state index is 6.36. The molecule has 2 aromatic rings. The van der Waals surface area contributed by atoms with Gasteiger partial charge in [-0.05, 0) is 47.3 Å². The summed E-state index contributed by atoms with van der Waals surface area (Å²) in [6, 6.07) is 1.99. The molecule has 0 aliphatic heterocycles. The predicted molar refractivity (Wildman–Crippen MR) is 92.5 cm³/mol. The highest BCUT2D eigenvalue weighted by atomic mass is 79.9. The van der Waals surface area contributed by atoms with E-state index in [4.69, 9.17) is 23.2 Å². The Morgan fingerprint density at radius 2 is 1.95 bits per heavy atom. The van der Waals surface area contributed by atoms with E-state index in [9.17, 15) is 0 Å². The number of pyridine rings is 1. The van der Waals surface area contributed by atoms with Gasteiger partial charge in [-0.25, -0.2) is 0 Å². The Labute approximate surface area is 138 Å². The zero-order chi connectivity index (χ0) is 15.0. The summed E-state index contributed by atoms with van der Waals surface area (Å²) in [5.41, 5.74) is 4.07. The van der Waals surface area contributed by atoms with E-state index < -0.39 is 0 Å². The van der Waals surface area contributed by atoms with E-state index in [1.165, 1.54) is 5.56 Å². The number of benzene rings is 1. The number of halogens is 3. The van der Waals surface area contributed by atoms with E-state index in [0.29, 0.717) is 16.0 Å². The molecule has 1 heterocycles. The SMILES string of the molecule is CCNc1c(C(C)C)c(C)nc2c(Cl)c(Cl)c(Br)cc12. The van der Waals surface area contributed by atoms with E-state index in [1.807, 2.05) is 13.0 Å². The molecule has 108 valence electrons.